The van der Waals surface area contributed by atoms with Crippen molar-refractivity contribution in [3.05, 3.63) is 0 Å². The van der Waals surface area contributed by atoms with Gasteiger partial charge in [-0.3, -0.25) is 4.79 Å². The minimum atomic E-state index is -0.0606. The molecule has 1 rings (SSSR count). The van der Waals surface area contributed by atoms with Crippen LogP contribution in [0.3, 0.4) is 0 Å². The first-order valence-corrected chi connectivity index (χ1v) is 5.25. The van der Waals surface area contributed by atoms with Crippen LogP contribution in [0.15, 0.2) is 0 Å². The summed E-state index contributed by atoms with van der Waals surface area (Å²) in [6, 6.07) is 0.337. The molecule has 0 aromatic carbocycles. The van der Waals surface area contributed by atoms with Crippen LogP contribution in [0.25, 0.3) is 0 Å². The van der Waals surface area contributed by atoms with Gasteiger partial charge in [-0.05, 0) is 12.8 Å². The first kappa shape index (κ1) is 10.5. The first-order valence-electron chi connectivity index (χ1n) is 5.25. The Morgan fingerprint density at radius 1 is 1.46 bits per heavy atom. The van der Waals surface area contributed by atoms with Crippen LogP contribution in [0.5, 0.6) is 0 Å². The molecule has 0 radical (unpaired) electrons. The highest BCUT2D eigenvalue weighted by molar-refractivity contribution is 5.71. The molecule has 1 atom stereocenters. The van der Waals surface area contributed by atoms with Gasteiger partial charge >= 0.3 is 5.97 Å². The molecule has 1 aliphatic rings. The standard InChI is InChI=1S/C10H19NO2/c1-3-5-7-11-9(6-4-2)8-10(12)13-11/h9H,3-8H2,1-2H3. The molecule has 0 saturated carbocycles. The maximum atomic E-state index is 11.0. The average molecular weight is 185 g/mol. The van der Waals surface area contributed by atoms with Gasteiger partial charge in [0, 0.05) is 6.54 Å². The molecule has 1 saturated heterocycles. The zero-order valence-corrected chi connectivity index (χ0v) is 8.58. The third-order valence-corrected chi connectivity index (χ3v) is 2.38. The monoisotopic (exact) mass is 185 g/mol. The van der Waals surface area contributed by atoms with E-state index in [0.29, 0.717) is 12.5 Å². The topological polar surface area (TPSA) is 29.5 Å². The van der Waals surface area contributed by atoms with E-state index in [1.54, 1.807) is 0 Å². The Morgan fingerprint density at radius 2 is 2.23 bits per heavy atom. The van der Waals surface area contributed by atoms with Gasteiger partial charge in [0.25, 0.3) is 0 Å². The quantitative estimate of drug-likeness (QED) is 0.657. The second kappa shape index (κ2) is 5.22. The molecule has 13 heavy (non-hydrogen) atoms. The third kappa shape index (κ3) is 2.99. The lowest BCUT2D eigenvalue weighted by Gasteiger charge is -2.19. The summed E-state index contributed by atoms with van der Waals surface area (Å²) >= 11 is 0. The van der Waals surface area contributed by atoms with Crippen molar-refractivity contribution in [1.29, 1.82) is 0 Å². The van der Waals surface area contributed by atoms with Gasteiger partial charge in [-0.15, -0.1) is 5.06 Å². The van der Waals surface area contributed by atoms with Crippen molar-refractivity contribution >= 4 is 5.97 Å². The maximum Gasteiger partial charge on any atom is 0.326 e. The maximum absolute atomic E-state index is 11.0. The zero-order valence-electron chi connectivity index (χ0n) is 8.58. The molecule has 76 valence electrons. The molecule has 0 N–H and O–H groups in total. The molecule has 0 aromatic rings. The largest absolute Gasteiger partial charge is 0.368 e. The summed E-state index contributed by atoms with van der Waals surface area (Å²) in [5.41, 5.74) is 0. The Kier molecular flexibility index (Phi) is 4.22. The summed E-state index contributed by atoms with van der Waals surface area (Å²) in [7, 11) is 0. The minimum Gasteiger partial charge on any atom is -0.368 e. The van der Waals surface area contributed by atoms with Crippen molar-refractivity contribution in [2.45, 2.75) is 52.0 Å². The van der Waals surface area contributed by atoms with E-state index in [4.69, 9.17) is 4.84 Å². The lowest BCUT2D eigenvalue weighted by Crippen LogP contribution is -2.29. The van der Waals surface area contributed by atoms with Gasteiger partial charge in [0.1, 0.15) is 0 Å². The molecular weight excluding hydrogens is 166 g/mol. The highest BCUT2D eigenvalue weighted by Gasteiger charge is 2.31. The molecule has 3 nitrogen and oxygen atoms in total. The van der Waals surface area contributed by atoms with Gasteiger partial charge < -0.3 is 4.84 Å². The number of hydrogen-bond donors (Lipinski definition) is 0. The molecule has 0 aliphatic carbocycles. The SMILES string of the molecule is CCCCN1OC(=O)CC1CCC. The number of hydrogen-bond acceptors (Lipinski definition) is 3. The van der Waals surface area contributed by atoms with Crippen molar-refractivity contribution in [2.24, 2.45) is 0 Å². The van der Waals surface area contributed by atoms with Crippen LogP contribution in [-0.2, 0) is 9.63 Å². The molecule has 3 heteroatoms. The second-order valence-electron chi connectivity index (χ2n) is 3.60. The van der Waals surface area contributed by atoms with Crippen LogP contribution in [0.4, 0.5) is 0 Å². The summed E-state index contributed by atoms with van der Waals surface area (Å²) in [5, 5.41) is 1.87. The third-order valence-electron chi connectivity index (χ3n) is 2.38. The predicted octanol–water partition coefficient (Wildman–Crippen LogP) is 2.12. The second-order valence-corrected chi connectivity index (χ2v) is 3.60. The van der Waals surface area contributed by atoms with Gasteiger partial charge in [0.05, 0.1) is 12.5 Å². The highest BCUT2D eigenvalue weighted by atomic mass is 16.7. The molecule has 1 aliphatic heterocycles. The lowest BCUT2D eigenvalue weighted by atomic mass is 10.1. The van der Waals surface area contributed by atoms with E-state index in [1.807, 2.05) is 5.06 Å². The summed E-state index contributed by atoms with van der Waals surface area (Å²) in [6.45, 7) is 5.18. The van der Waals surface area contributed by atoms with E-state index in [1.165, 1.54) is 0 Å². The molecule has 0 amide bonds. The van der Waals surface area contributed by atoms with E-state index in [2.05, 4.69) is 13.8 Å². The molecule has 1 fully saturated rings. The summed E-state index contributed by atoms with van der Waals surface area (Å²) in [6.07, 6.45) is 5.01. The first-order chi connectivity index (χ1) is 6.27. The van der Waals surface area contributed by atoms with Crippen LogP contribution in [-0.4, -0.2) is 23.6 Å². The Hall–Kier alpha value is -0.570. The van der Waals surface area contributed by atoms with Crippen molar-refractivity contribution < 1.29 is 9.63 Å². The summed E-state index contributed by atoms with van der Waals surface area (Å²) in [5.74, 6) is -0.0606. The molecule has 0 aromatic heterocycles. The number of nitrogens with zero attached hydrogens (tertiary/aromatic N) is 1. The van der Waals surface area contributed by atoms with Crippen molar-refractivity contribution in [3.63, 3.8) is 0 Å². The minimum absolute atomic E-state index is 0.0606. The summed E-state index contributed by atoms with van der Waals surface area (Å²) < 4.78 is 0. The van der Waals surface area contributed by atoms with Crippen LogP contribution < -0.4 is 0 Å². The fraction of sp³-hybridized carbons (Fsp3) is 0.900. The Balaban J connectivity index is 2.36. The van der Waals surface area contributed by atoms with Crippen LogP contribution in [0, 0.1) is 0 Å². The Bertz CT molecular complexity index is 170. The average Bonchev–Trinajstić information content (AvgIpc) is 2.44. The number of rotatable bonds is 5. The predicted molar refractivity (Wildman–Crippen MR) is 51.0 cm³/mol. The van der Waals surface area contributed by atoms with Crippen molar-refractivity contribution in [1.82, 2.24) is 5.06 Å². The molecule has 0 bridgehead atoms. The van der Waals surface area contributed by atoms with Gasteiger partial charge in [-0.1, -0.05) is 26.7 Å². The van der Waals surface area contributed by atoms with Crippen LogP contribution in [0.2, 0.25) is 0 Å². The van der Waals surface area contributed by atoms with Crippen LogP contribution in [0.1, 0.15) is 46.0 Å². The van der Waals surface area contributed by atoms with Crippen LogP contribution >= 0.6 is 0 Å². The zero-order chi connectivity index (χ0) is 9.68. The molecule has 1 unspecified atom stereocenters. The van der Waals surface area contributed by atoms with Gasteiger partial charge in [0.2, 0.25) is 0 Å². The highest BCUT2D eigenvalue weighted by Crippen LogP contribution is 2.20. The van der Waals surface area contributed by atoms with Gasteiger partial charge in [0.15, 0.2) is 0 Å². The van der Waals surface area contributed by atoms with E-state index in [9.17, 15) is 4.79 Å². The van der Waals surface area contributed by atoms with E-state index in [0.717, 1.165) is 32.2 Å². The van der Waals surface area contributed by atoms with E-state index in [-0.39, 0.29) is 5.97 Å². The molecule has 0 spiro atoms. The molecule has 1 heterocycles. The number of carbonyl (C=O) groups excluding carboxylic acids is 1. The van der Waals surface area contributed by atoms with Gasteiger partial charge in [-0.2, -0.15) is 0 Å². The Morgan fingerprint density at radius 3 is 2.85 bits per heavy atom. The normalized spacial score (nSPS) is 23.5. The number of carbonyl (C=O) groups is 1. The van der Waals surface area contributed by atoms with E-state index >= 15 is 0 Å². The smallest absolute Gasteiger partial charge is 0.326 e. The van der Waals surface area contributed by atoms with E-state index < -0.39 is 0 Å². The lowest BCUT2D eigenvalue weighted by molar-refractivity contribution is -0.175. The fourth-order valence-corrected chi connectivity index (χ4v) is 1.66. The van der Waals surface area contributed by atoms with Crippen molar-refractivity contribution in [3.8, 4) is 0 Å². The van der Waals surface area contributed by atoms with Crippen molar-refractivity contribution in [2.75, 3.05) is 6.54 Å². The summed E-state index contributed by atoms with van der Waals surface area (Å²) in [4.78, 5) is 16.2. The molecular formula is C10H19NO2. The number of unbranched alkanes of at least 4 members (excludes halogenated alkanes) is 1. The Labute approximate surface area is 80.0 Å². The van der Waals surface area contributed by atoms with Gasteiger partial charge in [-0.25, -0.2) is 0 Å². The number of hydroxylamine groups is 2. The fourth-order valence-electron chi connectivity index (χ4n) is 1.66.